The second kappa shape index (κ2) is 10.6. The van der Waals surface area contributed by atoms with E-state index in [1.165, 1.54) is 11.8 Å². The molecule has 0 saturated carbocycles. The summed E-state index contributed by atoms with van der Waals surface area (Å²) in [6.45, 7) is 2.04. The zero-order chi connectivity index (χ0) is 30.4. The number of carbonyl (C=O) groups excluding carboxylic acids is 2. The van der Waals surface area contributed by atoms with Crippen molar-refractivity contribution in [2.75, 3.05) is 36.9 Å². The van der Waals surface area contributed by atoms with Crippen molar-refractivity contribution in [1.82, 2.24) is 4.90 Å². The highest BCUT2D eigenvalue weighted by Crippen LogP contribution is 2.44. The van der Waals surface area contributed by atoms with Crippen molar-refractivity contribution < 1.29 is 49.1 Å². The summed E-state index contributed by atoms with van der Waals surface area (Å²) in [6.07, 6.45) is -15.1. The van der Waals surface area contributed by atoms with E-state index in [1.807, 2.05) is 5.32 Å². The fourth-order valence-electron chi connectivity index (χ4n) is 5.04. The quantitative estimate of drug-likeness (QED) is 0.399. The minimum Gasteiger partial charge on any atom is -0.325 e. The summed E-state index contributed by atoms with van der Waals surface area (Å²) in [5.74, 6) is -3.10. The molecule has 1 saturated heterocycles. The van der Waals surface area contributed by atoms with Gasteiger partial charge in [-0.2, -0.15) is 39.5 Å². The predicted molar refractivity (Wildman–Crippen MR) is 128 cm³/mol. The van der Waals surface area contributed by atoms with E-state index < -0.39 is 78.1 Å². The number of amides is 2. The van der Waals surface area contributed by atoms with Crippen LogP contribution >= 0.6 is 0 Å². The van der Waals surface area contributed by atoms with Gasteiger partial charge in [-0.15, -0.1) is 0 Å². The van der Waals surface area contributed by atoms with Crippen molar-refractivity contribution in [3.63, 3.8) is 0 Å². The molecule has 1 N–H and O–H groups in total. The Labute approximate surface area is 223 Å². The fraction of sp³-hybridized carbons (Fsp3) is 0.462. The number of halogens is 9. The number of para-hydroxylation sites is 1. The van der Waals surface area contributed by atoms with Gasteiger partial charge in [-0.05, 0) is 50.2 Å². The Morgan fingerprint density at radius 3 is 1.93 bits per heavy atom. The lowest BCUT2D eigenvalue weighted by molar-refractivity contribution is -0.150. The molecule has 1 aliphatic heterocycles. The van der Waals surface area contributed by atoms with Gasteiger partial charge in [0.05, 0.1) is 29.0 Å². The molecule has 0 radical (unpaired) electrons. The average molecular weight is 583 g/mol. The molecule has 1 heterocycles. The number of anilines is 2. The Hall–Kier alpha value is -3.29. The van der Waals surface area contributed by atoms with Crippen molar-refractivity contribution in [3.05, 3.63) is 58.7 Å². The third-order valence-corrected chi connectivity index (χ3v) is 6.91. The second-order valence-electron chi connectivity index (χ2n) is 10.1. The van der Waals surface area contributed by atoms with Crippen LogP contribution in [-0.4, -0.2) is 49.6 Å². The maximum absolute atomic E-state index is 13.7. The Kier molecular flexibility index (Phi) is 8.28. The Morgan fingerprint density at radius 2 is 1.48 bits per heavy atom. The highest BCUT2D eigenvalue weighted by molar-refractivity contribution is 6.08. The summed E-state index contributed by atoms with van der Waals surface area (Å²) >= 11 is 0. The molecule has 5 nitrogen and oxygen atoms in total. The summed E-state index contributed by atoms with van der Waals surface area (Å²) < 4.78 is 120. The molecule has 0 unspecified atom stereocenters. The highest BCUT2D eigenvalue weighted by atomic mass is 19.4. The van der Waals surface area contributed by atoms with Gasteiger partial charge in [0.15, 0.2) is 0 Å². The SMILES string of the molecule is Cc1cccc(C)c1N1C[C@@](CN(C)CC(F)(F)F)(C(=O)Nc2cc(C(F)(F)F)cc(C(F)(F)F)c2)[C@H](C)C1=O. The van der Waals surface area contributed by atoms with Crippen LogP contribution in [0, 0.1) is 25.2 Å². The normalized spacial score (nSPS) is 20.4. The number of benzene rings is 2. The number of alkyl halides is 9. The van der Waals surface area contributed by atoms with Gasteiger partial charge in [0.1, 0.15) is 0 Å². The second-order valence-corrected chi connectivity index (χ2v) is 10.1. The van der Waals surface area contributed by atoms with Crippen LogP contribution in [0.25, 0.3) is 0 Å². The van der Waals surface area contributed by atoms with Crippen molar-refractivity contribution in [1.29, 1.82) is 0 Å². The average Bonchev–Trinajstić information content (AvgIpc) is 3.02. The van der Waals surface area contributed by atoms with Crippen molar-refractivity contribution in [2.45, 2.75) is 39.3 Å². The van der Waals surface area contributed by atoms with Gasteiger partial charge in [-0.1, -0.05) is 25.1 Å². The molecule has 40 heavy (non-hydrogen) atoms. The van der Waals surface area contributed by atoms with Crippen molar-refractivity contribution >= 4 is 23.2 Å². The van der Waals surface area contributed by atoms with E-state index in [4.69, 9.17) is 0 Å². The van der Waals surface area contributed by atoms with Crippen LogP contribution in [0.15, 0.2) is 36.4 Å². The first-order chi connectivity index (χ1) is 18.2. The highest BCUT2D eigenvalue weighted by Gasteiger charge is 2.56. The molecule has 2 aromatic rings. The molecule has 0 bridgehead atoms. The number of aryl methyl sites for hydroxylation is 2. The van der Waals surface area contributed by atoms with Crippen molar-refractivity contribution in [2.24, 2.45) is 11.3 Å². The van der Waals surface area contributed by atoms with E-state index in [2.05, 4.69) is 0 Å². The molecule has 2 amide bonds. The van der Waals surface area contributed by atoms with Gasteiger partial charge in [-0.25, -0.2) is 0 Å². The molecule has 0 aromatic heterocycles. The molecule has 0 aliphatic carbocycles. The smallest absolute Gasteiger partial charge is 0.325 e. The topological polar surface area (TPSA) is 52.6 Å². The molecule has 3 rings (SSSR count). The summed E-state index contributed by atoms with van der Waals surface area (Å²) in [7, 11) is 1.05. The lowest BCUT2D eigenvalue weighted by atomic mass is 9.77. The monoisotopic (exact) mass is 583 g/mol. The van der Waals surface area contributed by atoms with Gasteiger partial charge in [0.2, 0.25) is 11.8 Å². The third kappa shape index (κ3) is 6.53. The van der Waals surface area contributed by atoms with E-state index in [1.54, 1.807) is 32.0 Å². The Bertz CT molecular complexity index is 1240. The van der Waals surface area contributed by atoms with Crippen LogP contribution in [0.3, 0.4) is 0 Å². The fourth-order valence-corrected chi connectivity index (χ4v) is 5.04. The van der Waals surface area contributed by atoms with Crippen molar-refractivity contribution in [3.8, 4) is 0 Å². The molecule has 1 aliphatic rings. The molecule has 1 fully saturated rings. The first-order valence-electron chi connectivity index (χ1n) is 11.9. The van der Waals surface area contributed by atoms with E-state index in [9.17, 15) is 49.1 Å². The summed E-state index contributed by atoms with van der Waals surface area (Å²) in [5.41, 5.74) is -4.57. The molecular weight excluding hydrogens is 557 g/mol. The van der Waals surface area contributed by atoms with E-state index in [0.29, 0.717) is 28.9 Å². The Balaban J connectivity index is 2.11. The zero-order valence-electron chi connectivity index (χ0n) is 21.8. The molecule has 0 spiro atoms. The molecule has 14 heteroatoms. The number of carbonyl (C=O) groups is 2. The predicted octanol–water partition coefficient (Wildman–Crippen LogP) is 6.44. The first-order valence-corrected chi connectivity index (χ1v) is 11.9. The van der Waals surface area contributed by atoms with Gasteiger partial charge in [-0.3, -0.25) is 14.5 Å². The van der Waals surface area contributed by atoms with Crippen LogP contribution in [0.5, 0.6) is 0 Å². The van der Waals surface area contributed by atoms with E-state index in [-0.39, 0.29) is 6.07 Å². The van der Waals surface area contributed by atoms with Gasteiger partial charge < -0.3 is 10.2 Å². The standard InChI is InChI=1S/C26H26F9N3O2/c1-14-6-5-7-15(2)20(14)38-12-23(16(3)21(38)39,11-37(4)13-24(27,28)29)22(40)36-19-9-17(25(30,31)32)8-18(10-19)26(33,34)35/h5-10,16H,11-13H2,1-4H3,(H,36,40)/t16-,23-/m1/s1. The van der Waals surface area contributed by atoms with Crippen LogP contribution < -0.4 is 10.2 Å². The van der Waals surface area contributed by atoms with E-state index >= 15 is 0 Å². The summed E-state index contributed by atoms with van der Waals surface area (Å²) in [6, 6.07) is 5.54. The summed E-state index contributed by atoms with van der Waals surface area (Å²) in [5, 5.41) is 2.04. The third-order valence-electron chi connectivity index (χ3n) is 6.91. The number of rotatable bonds is 6. The van der Waals surface area contributed by atoms with Gasteiger partial charge in [0, 0.05) is 24.5 Å². The zero-order valence-corrected chi connectivity index (χ0v) is 21.8. The minimum atomic E-state index is -5.19. The van der Waals surface area contributed by atoms with Gasteiger partial charge >= 0.3 is 18.5 Å². The Morgan fingerprint density at radius 1 is 0.975 bits per heavy atom. The number of hydrogen-bond donors (Lipinski definition) is 1. The lowest BCUT2D eigenvalue weighted by Crippen LogP contribution is -2.51. The molecule has 2 aromatic carbocycles. The number of nitrogens with one attached hydrogen (secondary N) is 1. The first kappa shape index (κ1) is 31.2. The summed E-state index contributed by atoms with van der Waals surface area (Å²) in [4.78, 5) is 29.1. The maximum Gasteiger partial charge on any atom is 0.416 e. The molecule has 2 atom stereocenters. The maximum atomic E-state index is 13.7. The largest absolute Gasteiger partial charge is 0.416 e. The van der Waals surface area contributed by atoms with Crippen LogP contribution in [-0.2, 0) is 21.9 Å². The van der Waals surface area contributed by atoms with Gasteiger partial charge in [0.25, 0.3) is 0 Å². The molecular formula is C26H26F9N3O2. The lowest BCUT2D eigenvalue weighted by Gasteiger charge is -2.35. The van der Waals surface area contributed by atoms with Crippen LogP contribution in [0.2, 0.25) is 0 Å². The van der Waals surface area contributed by atoms with Crippen LogP contribution in [0.4, 0.5) is 50.9 Å². The minimum absolute atomic E-state index is 0.118. The molecule has 220 valence electrons. The van der Waals surface area contributed by atoms with Crippen LogP contribution in [0.1, 0.15) is 29.2 Å². The number of hydrogen-bond acceptors (Lipinski definition) is 3. The van der Waals surface area contributed by atoms with E-state index in [0.717, 1.165) is 11.9 Å². The number of nitrogens with zero attached hydrogens (tertiary/aromatic N) is 2.